The summed E-state index contributed by atoms with van der Waals surface area (Å²) in [5.41, 5.74) is 0.534. The molecule has 1 amide bonds. The number of rotatable bonds is 5. The van der Waals surface area contributed by atoms with Gasteiger partial charge in [-0.3, -0.25) is 10.1 Å². The zero-order valence-electron chi connectivity index (χ0n) is 19.8. The molecule has 38 heavy (non-hydrogen) atoms. The van der Waals surface area contributed by atoms with Crippen LogP contribution in [0.15, 0.2) is 42.5 Å². The fourth-order valence-electron chi connectivity index (χ4n) is 3.96. The molecular weight excluding hydrogens is 551 g/mol. The van der Waals surface area contributed by atoms with E-state index in [1.165, 1.54) is 7.11 Å². The van der Waals surface area contributed by atoms with Gasteiger partial charge in [0, 0.05) is 37.4 Å². The number of thiocarbonyl (C=S) groups is 1. The maximum absolute atomic E-state index is 14.2. The number of amides is 1. The van der Waals surface area contributed by atoms with Gasteiger partial charge in [-0.2, -0.15) is 0 Å². The van der Waals surface area contributed by atoms with E-state index < -0.39 is 40.7 Å². The number of ether oxygens (including phenoxy) is 1. The van der Waals surface area contributed by atoms with E-state index >= 15 is 0 Å². The number of piperazine rings is 1. The first-order valence-electron chi connectivity index (χ1n) is 11.2. The molecule has 0 saturated carbocycles. The van der Waals surface area contributed by atoms with Crippen molar-refractivity contribution in [2.24, 2.45) is 0 Å². The Morgan fingerprint density at radius 3 is 1.97 bits per heavy atom. The number of carbonyl (C=O) groups excluding carboxylic acids is 1. The van der Waals surface area contributed by atoms with E-state index in [-0.39, 0.29) is 31.3 Å². The van der Waals surface area contributed by atoms with Crippen LogP contribution in [0.2, 0.25) is 5.02 Å². The minimum Gasteiger partial charge on any atom is -0.497 e. The molecule has 0 bridgehead atoms. The number of carbonyl (C=O) groups is 1. The largest absolute Gasteiger partial charge is 0.497 e. The Kier molecular flexibility index (Phi) is 8.22. The summed E-state index contributed by atoms with van der Waals surface area (Å²) in [5, 5.41) is 5.81. The highest BCUT2D eigenvalue weighted by molar-refractivity contribution is 7.80. The molecule has 1 fully saturated rings. The number of hydrogen-bond donors (Lipinski definition) is 2. The number of methoxy groups -OCH3 is 1. The number of nitrogens with one attached hydrogen (secondary N) is 2. The summed E-state index contributed by atoms with van der Waals surface area (Å²) in [4.78, 5) is 15.3. The molecule has 0 aromatic heterocycles. The Morgan fingerprint density at radius 1 is 0.868 bits per heavy atom. The first kappa shape index (κ1) is 27.4. The van der Waals surface area contributed by atoms with Crippen LogP contribution in [-0.4, -0.2) is 44.3 Å². The highest BCUT2D eigenvalue weighted by Crippen LogP contribution is 2.33. The van der Waals surface area contributed by atoms with Crippen LogP contribution in [0.4, 0.5) is 39.0 Å². The highest BCUT2D eigenvalue weighted by atomic mass is 35.5. The SMILES string of the molecule is COc1ccc(C(=O)NC(=S)Nc2ccc(N3CCN(c4c(F)c(F)c(F)c(F)c4F)CC3)c(Cl)c2)cc1. The lowest BCUT2D eigenvalue weighted by Gasteiger charge is -2.38. The first-order valence-corrected chi connectivity index (χ1v) is 12.0. The zero-order chi connectivity index (χ0) is 27.6. The van der Waals surface area contributed by atoms with Gasteiger partial charge >= 0.3 is 0 Å². The van der Waals surface area contributed by atoms with E-state index in [0.717, 1.165) is 4.90 Å². The van der Waals surface area contributed by atoms with Crippen LogP contribution < -0.4 is 25.2 Å². The molecule has 0 atom stereocenters. The molecule has 0 unspecified atom stereocenters. The lowest BCUT2D eigenvalue weighted by molar-refractivity contribution is 0.0977. The normalized spacial score (nSPS) is 13.3. The molecule has 200 valence electrons. The molecule has 2 N–H and O–H groups in total. The van der Waals surface area contributed by atoms with E-state index in [4.69, 9.17) is 28.6 Å². The second-order valence-corrected chi connectivity index (χ2v) is 9.01. The number of anilines is 3. The zero-order valence-corrected chi connectivity index (χ0v) is 21.3. The molecule has 1 heterocycles. The van der Waals surface area contributed by atoms with E-state index in [1.54, 1.807) is 42.5 Å². The van der Waals surface area contributed by atoms with Crippen LogP contribution in [-0.2, 0) is 0 Å². The number of hydrogen-bond acceptors (Lipinski definition) is 5. The summed E-state index contributed by atoms with van der Waals surface area (Å²) < 4.78 is 74.0. The maximum Gasteiger partial charge on any atom is 0.257 e. The van der Waals surface area contributed by atoms with Gasteiger partial charge < -0.3 is 19.9 Å². The van der Waals surface area contributed by atoms with Crippen LogP contribution in [0.3, 0.4) is 0 Å². The molecule has 1 aliphatic heterocycles. The van der Waals surface area contributed by atoms with Crippen LogP contribution in [0.25, 0.3) is 0 Å². The van der Waals surface area contributed by atoms with Crippen LogP contribution in [0.1, 0.15) is 10.4 Å². The standard InChI is InChI=1S/C25H20ClF5N4O2S/c1-37-15-5-2-13(3-6-15)24(36)33-25(38)32-14-4-7-17(16(26)12-14)34-8-10-35(11-9-34)23-21(30)19(28)18(27)20(29)22(23)31/h2-7,12H,8-11H2,1H3,(H2,32,33,36,38). The monoisotopic (exact) mass is 570 g/mol. The summed E-state index contributed by atoms with van der Waals surface area (Å²) in [5.74, 6) is -9.69. The molecule has 13 heteroatoms. The Labute approximate surface area is 224 Å². The van der Waals surface area contributed by atoms with E-state index in [9.17, 15) is 26.7 Å². The van der Waals surface area contributed by atoms with Crippen molar-refractivity contribution >= 4 is 51.9 Å². The van der Waals surface area contributed by atoms with Crippen molar-refractivity contribution in [3.63, 3.8) is 0 Å². The van der Waals surface area contributed by atoms with Crippen molar-refractivity contribution in [3.8, 4) is 5.75 Å². The molecule has 0 spiro atoms. The number of nitrogens with zero attached hydrogens (tertiary/aromatic N) is 2. The molecule has 4 rings (SSSR count). The van der Waals surface area contributed by atoms with Gasteiger partial charge in [-0.15, -0.1) is 0 Å². The predicted molar refractivity (Wildman–Crippen MR) is 139 cm³/mol. The minimum absolute atomic E-state index is 0.00381. The Morgan fingerprint density at radius 2 is 1.42 bits per heavy atom. The molecule has 3 aromatic rings. The van der Waals surface area contributed by atoms with E-state index in [2.05, 4.69) is 10.6 Å². The molecule has 0 aliphatic carbocycles. The average Bonchev–Trinajstić information content (AvgIpc) is 2.91. The van der Waals surface area contributed by atoms with Gasteiger partial charge in [0.1, 0.15) is 11.4 Å². The number of halogens is 6. The molecule has 6 nitrogen and oxygen atoms in total. The van der Waals surface area contributed by atoms with E-state index in [1.807, 2.05) is 4.90 Å². The predicted octanol–water partition coefficient (Wildman–Crippen LogP) is 5.50. The first-order chi connectivity index (χ1) is 18.1. The van der Waals surface area contributed by atoms with Crippen LogP contribution >= 0.6 is 23.8 Å². The van der Waals surface area contributed by atoms with Gasteiger partial charge in [0.2, 0.25) is 5.82 Å². The lowest BCUT2D eigenvalue weighted by atomic mass is 10.2. The van der Waals surface area contributed by atoms with Crippen molar-refractivity contribution in [3.05, 3.63) is 82.1 Å². The topological polar surface area (TPSA) is 56.8 Å². The minimum atomic E-state index is -2.19. The molecule has 3 aromatic carbocycles. The lowest BCUT2D eigenvalue weighted by Crippen LogP contribution is -2.47. The van der Waals surface area contributed by atoms with Crippen LogP contribution in [0.5, 0.6) is 5.75 Å². The van der Waals surface area contributed by atoms with Gasteiger partial charge in [0.25, 0.3) is 5.91 Å². The summed E-state index contributed by atoms with van der Waals surface area (Å²) in [6, 6.07) is 11.4. The van der Waals surface area contributed by atoms with Gasteiger partial charge in [0.05, 0.1) is 17.8 Å². The third-order valence-electron chi connectivity index (χ3n) is 5.91. The van der Waals surface area contributed by atoms with Crippen molar-refractivity contribution < 1.29 is 31.5 Å². The molecule has 0 radical (unpaired) electrons. The second-order valence-electron chi connectivity index (χ2n) is 8.20. The smallest absolute Gasteiger partial charge is 0.257 e. The fraction of sp³-hybridized carbons (Fsp3) is 0.200. The Hall–Kier alpha value is -3.64. The van der Waals surface area contributed by atoms with E-state index in [0.29, 0.717) is 27.7 Å². The van der Waals surface area contributed by atoms with Gasteiger partial charge in [-0.05, 0) is 54.7 Å². The van der Waals surface area contributed by atoms with Crippen molar-refractivity contribution in [2.45, 2.75) is 0 Å². The third kappa shape index (κ3) is 5.60. The molecule has 1 saturated heterocycles. The maximum atomic E-state index is 14.2. The molecule has 1 aliphatic rings. The summed E-state index contributed by atoms with van der Waals surface area (Å²) in [6.45, 7) is 0.414. The summed E-state index contributed by atoms with van der Waals surface area (Å²) in [7, 11) is 1.52. The summed E-state index contributed by atoms with van der Waals surface area (Å²) in [6.07, 6.45) is 0. The Bertz CT molecular complexity index is 1360. The van der Waals surface area contributed by atoms with Crippen molar-refractivity contribution in [1.29, 1.82) is 0 Å². The van der Waals surface area contributed by atoms with Crippen molar-refractivity contribution in [2.75, 3.05) is 48.4 Å². The highest BCUT2D eigenvalue weighted by Gasteiger charge is 2.31. The second kappa shape index (κ2) is 11.4. The summed E-state index contributed by atoms with van der Waals surface area (Å²) >= 11 is 11.6. The fourth-order valence-corrected chi connectivity index (χ4v) is 4.47. The van der Waals surface area contributed by atoms with Gasteiger partial charge in [-0.25, -0.2) is 22.0 Å². The number of benzene rings is 3. The molecular formula is C25H20ClF5N4O2S. The third-order valence-corrected chi connectivity index (χ3v) is 6.41. The van der Waals surface area contributed by atoms with Gasteiger partial charge in [-0.1, -0.05) is 11.6 Å². The van der Waals surface area contributed by atoms with Gasteiger partial charge in [0.15, 0.2) is 28.4 Å². The Balaban J connectivity index is 1.38. The quantitative estimate of drug-likeness (QED) is 0.183. The van der Waals surface area contributed by atoms with Crippen LogP contribution in [0, 0.1) is 29.1 Å². The van der Waals surface area contributed by atoms with Crippen molar-refractivity contribution in [1.82, 2.24) is 5.32 Å². The average molecular weight is 571 g/mol.